The molecule has 0 fully saturated rings. The van der Waals surface area contributed by atoms with Gasteiger partial charge in [0.25, 0.3) is 5.91 Å². The van der Waals surface area contributed by atoms with Gasteiger partial charge in [-0.15, -0.1) is 11.3 Å². The molecule has 1 aromatic carbocycles. The van der Waals surface area contributed by atoms with Gasteiger partial charge in [-0.05, 0) is 48.6 Å². The minimum Gasteiger partial charge on any atom is -0.454 e. The van der Waals surface area contributed by atoms with Crippen molar-refractivity contribution >= 4 is 17.2 Å². The number of amides is 1. The molecule has 0 unspecified atom stereocenters. The number of thiophene rings is 1. The minimum atomic E-state index is 0.0858. The van der Waals surface area contributed by atoms with Gasteiger partial charge in [-0.1, -0.05) is 6.07 Å². The second kappa shape index (κ2) is 5.77. The van der Waals surface area contributed by atoms with Crippen LogP contribution in [0.1, 0.15) is 27.7 Å². The van der Waals surface area contributed by atoms with E-state index in [1.165, 1.54) is 11.3 Å². The Labute approximate surface area is 127 Å². The topological polar surface area (TPSA) is 38.8 Å². The van der Waals surface area contributed by atoms with E-state index in [4.69, 9.17) is 9.47 Å². The van der Waals surface area contributed by atoms with E-state index in [9.17, 15) is 4.79 Å². The summed E-state index contributed by atoms with van der Waals surface area (Å²) >= 11 is 1.50. The summed E-state index contributed by atoms with van der Waals surface area (Å²) in [5.74, 6) is 1.60. The average molecular weight is 303 g/mol. The molecule has 0 bridgehead atoms. The molecule has 1 amide bonds. The van der Waals surface area contributed by atoms with Gasteiger partial charge in [-0.2, -0.15) is 0 Å². The lowest BCUT2D eigenvalue weighted by molar-refractivity contribution is 0.0756. The van der Waals surface area contributed by atoms with E-state index in [1.54, 1.807) is 0 Å². The quantitative estimate of drug-likeness (QED) is 0.868. The van der Waals surface area contributed by atoms with Crippen molar-refractivity contribution in [2.24, 2.45) is 0 Å². The van der Waals surface area contributed by atoms with Crippen molar-refractivity contribution in [1.29, 1.82) is 0 Å². The van der Waals surface area contributed by atoms with Crippen molar-refractivity contribution < 1.29 is 14.3 Å². The minimum absolute atomic E-state index is 0.0858. The van der Waals surface area contributed by atoms with Crippen molar-refractivity contribution in [2.45, 2.75) is 20.4 Å². The van der Waals surface area contributed by atoms with Crippen molar-refractivity contribution in [2.75, 3.05) is 13.3 Å². The van der Waals surface area contributed by atoms with Gasteiger partial charge in [0.2, 0.25) is 6.79 Å². The maximum Gasteiger partial charge on any atom is 0.264 e. The molecule has 1 aromatic heterocycles. The molecule has 1 aliphatic rings. The normalized spacial score (nSPS) is 12.5. The molecule has 110 valence electrons. The zero-order chi connectivity index (χ0) is 14.8. The smallest absolute Gasteiger partial charge is 0.264 e. The predicted octanol–water partition coefficient (Wildman–Crippen LogP) is 3.45. The van der Waals surface area contributed by atoms with Crippen LogP contribution in [0.2, 0.25) is 0 Å². The summed E-state index contributed by atoms with van der Waals surface area (Å²) in [6.45, 7) is 5.48. The zero-order valence-corrected chi connectivity index (χ0v) is 12.9. The monoisotopic (exact) mass is 303 g/mol. The van der Waals surface area contributed by atoms with Crippen LogP contribution in [0.25, 0.3) is 0 Å². The fourth-order valence-electron chi connectivity index (χ4n) is 2.32. The molecule has 0 N–H and O–H groups in total. The van der Waals surface area contributed by atoms with Crippen LogP contribution in [0.5, 0.6) is 11.5 Å². The Kier molecular flexibility index (Phi) is 3.84. The van der Waals surface area contributed by atoms with Crippen LogP contribution in [0.3, 0.4) is 0 Å². The van der Waals surface area contributed by atoms with E-state index in [1.807, 2.05) is 48.4 Å². The number of aryl methyl sites for hydroxylation is 1. The molecule has 21 heavy (non-hydrogen) atoms. The SMILES string of the molecule is CCN(Cc1ccc2c(c1)OCO2)C(=O)c1sccc1C. The number of rotatable bonds is 4. The summed E-state index contributed by atoms with van der Waals surface area (Å²) < 4.78 is 10.7. The molecule has 0 radical (unpaired) electrons. The van der Waals surface area contributed by atoms with Crippen LogP contribution >= 0.6 is 11.3 Å². The van der Waals surface area contributed by atoms with Crippen LogP contribution in [0.4, 0.5) is 0 Å². The third-order valence-electron chi connectivity index (χ3n) is 3.54. The summed E-state index contributed by atoms with van der Waals surface area (Å²) in [7, 11) is 0. The summed E-state index contributed by atoms with van der Waals surface area (Å²) in [6, 6.07) is 7.79. The highest BCUT2D eigenvalue weighted by Gasteiger charge is 2.19. The standard InChI is InChI=1S/C16H17NO3S/c1-3-17(16(18)15-11(2)6-7-21-15)9-12-4-5-13-14(8-12)20-10-19-13/h4-8H,3,9-10H2,1-2H3. The fourth-order valence-corrected chi connectivity index (χ4v) is 3.21. The number of carbonyl (C=O) groups excluding carboxylic acids is 1. The molecule has 3 rings (SSSR count). The van der Waals surface area contributed by atoms with E-state index in [-0.39, 0.29) is 12.7 Å². The van der Waals surface area contributed by atoms with E-state index in [0.717, 1.165) is 27.5 Å². The van der Waals surface area contributed by atoms with Gasteiger partial charge in [-0.3, -0.25) is 4.79 Å². The molecule has 2 aromatic rings. The molecule has 0 aliphatic carbocycles. The average Bonchev–Trinajstić information content (AvgIpc) is 3.12. The number of nitrogens with zero attached hydrogens (tertiary/aromatic N) is 1. The van der Waals surface area contributed by atoms with Crippen LogP contribution in [0, 0.1) is 6.92 Å². The Morgan fingerprint density at radius 2 is 2.10 bits per heavy atom. The van der Waals surface area contributed by atoms with Gasteiger partial charge in [0, 0.05) is 13.1 Å². The van der Waals surface area contributed by atoms with Crippen LogP contribution in [0.15, 0.2) is 29.6 Å². The Balaban J connectivity index is 1.78. The van der Waals surface area contributed by atoms with Crippen LogP contribution in [-0.2, 0) is 6.54 Å². The van der Waals surface area contributed by atoms with Gasteiger partial charge in [0.1, 0.15) is 0 Å². The van der Waals surface area contributed by atoms with Gasteiger partial charge < -0.3 is 14.4 Å². The molecular formula is C16H17NO3S. The van der Waals surface area contributed by atoms with Gasteiger partial charge in [0.15, 0.2) is 11.5 Å². The third kappa shape index (κ3) is 2.74. The summed E-state index contributed by atoms with van der Waals surface area (Å²) in [5.41, 5.74) is 2.08. The summed E-state index contributed by atoms with van der Waals surface area (Å²) in [5, 5.41) is 1.96. The highest BCUT2D eigenvalue weighted by Crippen LogP contribution is 2.33. The van der Waals surface area contributed by atoms with E-state index >= 15 is 0 Å². The number of carbonyl (C=O) groups is 1. The Hall–Kier alpha value is -2.01. The molecule has 2 heterocycles. The first-order chi connectivity index (χ1) is 10.2. The van der Waals surface area contributed by atoms with Crippen molar-refractivity contribution in [3.05, 3.63) is 45.6 Å². The second-order valence-corrected chi connectivity index (χ2v) is 5.86. The number of ether oxygens (including phenoxy) is 2. The van der Waals surface area contributed by atoms with Gasteiger partial charge >= 0.3 is 0 Å². The second-order valence-electron chi connectivity index (χ2n) is 4.94. The highest BCUT2D eigenvalue weighted by atomic mass is 32.1. The number of hydrogen-bond donors (Lipinski definition) is 0. The molecule has 4 nitrogen and oxygen atoms in total. The third-order valence-corrected chi connectivity index (χ3v) is 4.54. The van der Waals surface area contributed by atoms with Crippen LogP contribution < -0.4 is 9.47 Å². The summed E-state index contributed by atoms with van der Waals surface area (Å²) in [4.78, 5) is 15.2. The maximum atomic E-state index is 12.6. The van der Waals surface area contributed by atoms with Crippen molar-refractivity contribution in [1.82, 2.24) is 4.90 Å². The molecule has 5 heteroatoms. The zero-order valence-electron chi connectivity index (χ0n) is 12.1. The van der Waals surface area contributed by atoms with E-state index in [2.05, 4.69) is 0 Å². The molecule has 1 aliphatic heterocycles. The largest absolute Gasteiger partial charge is 0.454 e. The van der Waals surface area contributed by atoms with Crippen LogP contribution in [-0.4, -0.2) is 24.1 Å². The number of fused-ring (bicyclic) bond motifs is 1. The molecule has 0 saturated heterocycles. The predicted molar refractivity (Wildman–Crippen MR) is 82.0 cm³/mol. The highest BCUT2D eigenvalue weighted by molar-refractivity contribution is 7.12. The molecule has 0 spiro atoms. The lowest BCUT2D eigenvalue weighted by Gasteiger charge is -2.21. The molecule has 0 saturated carbocycles. The number of hydrogen-bond acceptors (Lipinski definition) is 4. The van der Waals surface area contributed by atoms with E-state index in [0.29, 0.717) is 13.1 Å². The molecule has 0 atom stereocenters. The van der Waals surface area contributed by atoms with Gasteiger partial charge in [-0.25, -0.2) is 0 Å². The fraction of sp³-hybridized carbons (Fsp3) is 0.312. The maximum absolute atomic E-state index is 12.6. The molecular weight excluding hydrogens is 286 g/mol. The first-order valence-electron chi connectivity index (χ1n) is 6.91. The lowest BCUT2D eigenvalue weighted by Crippen LogP contribution is -2.30. The summed E-state index contributed by atoms with van der Waals surface area (Å²) in [6.07, 6.45) is 0. The van der Waals surface area contributed by atoms with Gasteiger partial charge in [0.05, 0.1) is 4.88 Å². The Bertz CT molecular complexity index is 665. The first kappa shape index (κ1) is 13.9. The first-order valence-corrected chi connectivity index (χ1v) is 7.79. The Morgan fingerprint density at radius 3 is 2.81 bits per heavy atom. The van der Waals surface area contributed by atoms with Crippen molar-refractivity contribution in [3.8, 4) is 11.5 Å². The lowest BCUT2D eigenvalue weighted by atomic mass is 10.1. The van der Waals surface area contributed by atoms with E-state index < -0.39 is 0 Å². The Morgan fingerprint density at radius 1 is 1.29 bits per heavy atom. The van der Waals surface area contributed by atoms with Crippen molar-refractivity contribution in [3.63, 3.8) is 0 Å². The number of benzene rings is 1.